The predicted octanol–water partition coefficient (Wildman–Crippen LogP) is 1.90. The largest absolute Gasteiger partial charge is 0.321 e. The van der Waals surface area contributed by atoms with Gasteiger partial charge in [-0.1, -0.05) is 13.8 Å². The summed E-state index contributed by atoms with van der Waals surface area (Å²) >= 11 is 0. The zero-order valence-electron chi connectivity index (χ0n) is 9.44. The molecule has 0 saturated carbocycles. The van der Waals surface area contributed by atoms with E-state index in [1.807, 2.05) is 4.57 Å². The first-order chi connectivity index (χ1) is 6.52. The molecule has 0 aliphatic carbocycles. The molecule has 1 atom stereocenters. The number of hydrogen-bond donors (Lipinski definition) is 1. The minimum atomic E-state index is -0.0000926. The smallest absolute Gasteiger partial charge is 0.150 e. The Morgan fingerprint density at radius 1 is 1.36 bits per heavy atom. The Morgan fingerprint density at radius 3 is 2.50 bits per heavy atom. The van der Waals surface area contributed by atoms with E-state index in [9.17, 15) is 0 Å². The molecule has 2 N–H and O–H groups in total. The maximum atomic E-state index is 6.06. The summed E-state index contributed by atoms with van der Waals surface area (Å²) in [6.07, 6.45) is 2.70. The van der Waals surface area contributed by atoms with Crippen LogP contribution in [0.1, 0.15) is 52.0 Å². The van der Waals surface area contributed by atoms with Gasteiger partial charge in [-0.15, -0.1) is 10.2 Å². The zero-order valence-corrected chi connectivity index (χ0v) is 9.44. The van der Waals surface area contributed by atoms with Crippen molar-refractivity contribution in [2.75, 3.05) is 0 Å². The predicted molar refractivity (Wildman–Crippen MR) is 56.8 cm³/mol. The van der Waals surface area contributed by atoms with E-state index >= 15 is 0 Å². The molecule has 1 aromatic heterocycles. The Kier molecular flexibility index (Phi) is 3.63. The molecular weight excluding hydrogens is 176 g/mol. The maximum Gasteiger partial charge on any atom is 0.150 e. The fourth-order valence-corrected chi connectivity index (χ4v) is 1.53. The van der Waals surface area contributed by atoms with Crippen LogP contribution >= 0.6 is 0 Å². The third kappa shape index (κ3) is 2.54. The summed E-state index contributed by atoms with van der Waals surface area (Å²) in [5.74, 6) is 1.48. The molecule has 0 fully saturated rings. The van der Waals surface area contributed by atoms with Gasteiger partial charge in [0.15, 0.2) is 0 Å². The van der Waals surface area contributed by atoms with Crippen molar-refractivity contribution in [1.82, 2.24) is 14.8 Å². The van der Waals surface area contributed by atoms with E-state index in [-0.39, 0.29) is 6.04 Å². The lowest BCUT2D eigenvalue weighted by molar-refractivity contribution is 0.458. The first-order valence-corrected chi connectivity index (χ1v) is 5.17. The van der Waals surface area contributed by atoms with Crippen LogP contribution in [-0.2, 0) is 0 Å². The Bertz CT molecular complexity index is 277. The van der Waals surface area contributed by atoms with Gasteiger partial charge in [0.05, 0.1) is 6.04 Å². The molecule has 4 heteroatoms. The van der Waals surface area contributed by atoms with E-state index in [2.05, 4.69) is 37.9 Å². The minimum absolute atomic E-state index is 0.0000926. The van der Waals surface area contributed by atoms with Crippen molar-refractivity contribution in [3.05, 3.63) is 12.2 Å². The molecule has 80 valence electrons. The van der Waals surface area contributed by atoms with E-state index in [1.165, 1.54) is 0 Å². The van der Waals surface area contributed by atoms with Crippen LogP contribution in [0.2, 0.25) is 0 Å². The highest BCUT2D eigenvalue weighted by molar-refractivity contribution is 4.95. The van der Waals surface area contributed by atoms with Crippen LogP contribution in [0.15, 0.2) is 6.33 Å². The van der Waals surface area contributed by atoms with E-state index in [4.69, 9.17) is 5.73 Å². The van der Waals surface area contributed by atoms with Crippen LogP contribution in [-0.4, -0.2) is 14.8 Å². The number of nitrogens with zero attached hydrogens (tertiary/aromatic N) is 3. The lowest BCUT2D eigenvalue weighted by atomic mass is 10.0. The van der Waals surface area contributed by atoms with Crippen LogP contribution in [0.5, 0.6) is 0 Å². The highest BCUT2D eigenvalue weighted by Gasteiger charge is 2.16. The van der Waals surface area contributed by atoms with Crippen molar-refractivity contribution in [2.45, 2.75) is 46.2 Å². The zero-order chi connectivity index (χ0) is 10.7. The summed E-state index contributed by atoms with van der Waals surface area (Å²) < 4.78 is 2.03. The molecule has 0 radical (unpaired) electrons. The standard InChI is InChI=1S/C10H20N4/c1-7(2)5-9(11)10-13-12-6-14(10)8(3)4/h6-9H,5,11H2,1-4H3/t9-/m1/s1. The van der Waals surface area contributed by atoms with Gasteiger partial charge in [-0.2, -0.15) is 0 Å². The molecule has 1 aromatic rings. The lowest BCUT2D eigenvalue weighted by Gasteiger charge is -2.16. The van der Waals surface area contributed by atoms with Crippen molar-refractivity contribution in [3.63, 3.8) is 0 Å². The molecule has 0 aliphatic rings. The molecular formula is C10H20N4. The summed E-state index contributed by atoms with van der Waals surface area (Å²) in [5.41, 5.74) is 6.06. The Morgan fingerprint density at radius 2 is 2.00 bits per heavy atom. The van der Waals surface area contributed by atoms with Crippen molar-refractivity contribution in [1.29, 1.82) is 0 Å². The molecule has 0 unspecified atom stereocenters. The van der Waals surface area contributed by atoms with Crippen LogP contribution in [0, 0.1) is 5.92 Å². The van der Waals surface area contributed by atoms with Gasteiger partial charge < -0.3 is 10.3 Å². The van der Waals surface area contributed by atoms with Gasteiger partial charge in [0.25, 0.3) is 0 Å². The molecule has 0 amide bonds. The number of aromatic nitrogens is 3. The topological polar surface area (TPSA) is 56.7 Å². The summed E-state index contributed by atoms with van der Waals surface area (Å²) in [6.45, 7) is 8.54. The normalized spacial score (nSPS) is 13.9. The van der Waals surface area contributed by atoms with Gasteiger partial charge in [-0.05, 0) is 26.2 Å². The van der Waals surface area contributed by atoms with Crippen LogP contribution < -0.4 is 5.73 Å². The second-order valence-corrected chi connectivity index (χ2v) is 4.43. The molecule has 1 rings (SSSR count). The number of rotatable bonds is 4. The van der Waals surface area contributed by atoms with Crippen molar-refractivity contribution >= 4 is 0 Å². The van der Waals surface area contributed by atoms with Crippen LogP contribution in [0.3, 0.4) is 0 Å². The lowest BCUT2D eigenvalue weighted by Crippen LogP contribution is -2.19. The minimum Gasteiger partial charge on any atom is -0.321 e. The highest BCUT2D eigenvalue weighted by Crippen LogP contribution is 2.18. The van der Waals surface area contributed by atoms with Gasteiger partial charge in [0.1, 0.15) is 12.2 Å². The second-order valence-electron chi connectivity index (χ2n) is 4.43. The third-order valence-electron chi connectivity index (χ3n) is 2.21. The molecule has 0 spiro atoms. The van der Waals surface area contributed by atoms with Crippen molar-refractivity contribution < 1.29 is 0 Å². The van der Waals surface area contributed by atoms with E-state index in [0.29, 0.717) is 12.0 Å². The first-order valence-electron chi connectivity index (χ1n) is 5.17. The average molecular weight is 196 g/mol. The van der Waals surface area contributed by atoms with Gasteiger partial charge in [-0.25, -0.2) is 0 Å². The average Bonchev–Trinajstić information content (AvgIpc) is 2.49. The Balaban J connectivity index is 2.78. The molecule has 0 aliphatic heterocycles. The SMILES string of the molecule is CC(C)C[C@@H](N)c1nncn1C(C)C. The molecule has 0 bridgehead atoms. The number of nitrogens with two attached hydrogens (primary N) is 1. The summed E-state index contributed by atoms with van der Waals surface area (Å²) in [5, 5.41) is 7.98. The molecule has 1 heterocycles. The Labute approximate surface area is 85.5 Å². The molecule has 4 nitrogen and oxygen atoms in total. The summed E-state index contributed by atoms with van der Waals surface area (Å²) in [7, 11) is 0. The quantitative estimate of drug-likeness (QED) is 0.800. The molecule has 14 heavy (non-hydrogen) atoms. The Hall–Kier alpha value is -0.900. The fourth-order valence-electron chi connectivity index (χ4n) is 1.53. The van der Waals surface area contributed by atoms with Gasteiger partial charge in [-0.3, -0.25) is 0 Å². The maximum absolute atomic E-state index is 6.06. The second kappa shape index (κ2) is 4.55. The van der Waals surface area contributed by atoms with Crippen LogP contribution in [0.4, 0.5) is 0 Å². The first kappa shape index (κ1) is 11.2. The summed E-state index contributed by atoms with van der Waals surface area (Å²) in [6, 6.07) is 0.373. The summed E-state index contributed by atoms with van der Waals surface area (Å²) in [4.78, 5) is 0. The third-order valence-corrected chi connectivity index (χ3v) is 2.21. The van der Waals surface area contributed by atoms with Gasteiger partial charge in [0.2, 0.25) is 0 Å². The fraction of sp³-hybridized carbons (Fsp3) is 0.800. The van der Waals surface area contributed by atoms with E-state index < -0.39 is 0 Å². The van der Waals surface area contributed by atoms with E-state index in [0.717, 1.165) is 12.2 Å². The molecule has 0 aromatic carbocycles. The van der Waals surface area contributed by atoms with Crippen LogP contribution in [0.25, 0.3) is 0 Å². The number of hydrogen-bond acceptors (Lipinski definition) is 3. The highest BCUT2D eigenvalue weighted by atomic mass is 15.3. The van der Waals surface area contributed by atoms with Gasteiger partial charge >= 0.3 is 0 Å². The van der Waals surface area contributed by atoms with Crippen molar-refractivity contribution in [2.24, 2.45) is 11.7 Å². The monoisotopic (exact) mass is 196 g/mol. The van der Waals surface area contributed by atoms with E-state index in [1.54, 1.807) is 6.33 Å². The van der Waals surface area contributed by atoms with Crippen molar-refractivity contribution in [3.8, 4) is 0 Å². The van der Waals surface area contributed by atoms with Gasteiger partial charge in [0, 0.05) is 6.04 Å². The molecule has 0 saturated heterocycles.